The van der Waals surface area contributed by atoms with Gasteiger partial charge in [-0.3, -0.25) is 4.79 Å². The largest absolute Gasteiger partial charge is 0.435 e. The van der Waals surface area contributed by atoms with E-state index in [1.807, 2.05) is 4.57 Å². The monoisotopic (exact) mass is 322 g/mol. The third-order valence-electron chi connectivity index (χ3n) is 3.56. The van der Waals surface area contributed by atoms with Crippen molar-refractivity contribution in [2.24, 2.45) is 0 Å². The second-order valence-electron chi connectivity index (χ2n) is 5.29. The Hall–Kier alpha value is -2.51. The van der Waals surface area contributed by atoms with Gasteiger partial charge in [0.25, 0.3) is 5.91 Å². The van der Waals surface area contributed by atoms with Crippen LogP contribution in [-0.4, -0.2) is 33.8 Å². The van der Waals surface area contributed by atoms with Gasteiger partial charge in [0.05, 0.1) is 0 Å². The summed E-state index contributed by atoms with van der Waals surface area (Å²) in [5, 5.41) is 10.7. The Morgan fingerprint density at radius 3 is 2.74 bits per heavy atom. The summed E-state index contributed by atoms with van der Waals surface area (Å²) >= 11 is 0. The summed E-state index contributed by atoms with van der Waals surface area (Å²) in [7, 11) is 0. The molecule has 1 fully saturated rings. The van der Waals surface area contributed by atoms with Gasteiger partial charge in [-0.2, -0.15) is 8.78 Å². The van der Waals surface area contributed by atoms with E-state index >= 15 is 0 Å². The van der Waals surface area contributed by atoms with Gasteiger partial charge in [-0.1, -0.05) is 0 Å². The number of hydrogen-bond acceptors (Lipinski definition) is 4. The van der Waals surface area contributed by atoms with Crippen LogP contribution in [0.1, 0.15) is 35.1 Å². The van der Waals surface area contributed by atoms with E-state index in [9.17, 15) is 13.6 Å². The van der Waals surface area contributed by atoms with Gasteiger partial charge in [0, 0.05) is 24.6 Å². The number of nitrogens with one attached hydrogen (secondary N) is 1. The number of halogens is 2. The number of ether oxygens (including phenoxy) is 1. The molecule has 1 heterocycles. The molecule has 2 aromatic rings. The number of carbonyl (C=O) groups is 1. The Morgan fingerprint density at radius 1 is 1.35 bits per heavy atom. The number of nitrogens with zero attached hydrogens (tertiary/aromatic N) is 3. The minimum Gasteiger partial charge on any atom is -0.435 e. The summed E-state index contributed by atoms with van der Waals surface area (Å²) in [6, 6.07) is 6.06. The zero-order chi connectivity index (χ0) is 16.2. The van der Waals surface area contributed by atoms with Crippen LogP contribution in [0.5, 0.6) is 5.75 Å². The first-order chi connectivity index (χ1) is 11.1. The Bertz CT molecular complexity index is 668. The van der Waals surface area contributed by atoms with Gasteiger partial charge >= 0.3 is 6.61 Å². The molecule has 1 amide bonds. The number of rotatable bonds is 7. The first kappa shape index (κ1) is 15.4. The normalized spacial score (nSPS) is 14.0. The fourth-order valence-corrected chi connectivity index (χ4v) is 2.28. The maximum absolute atomic E-state index is 12.1. The molecule has 6 nitrogen and oxygen atoms in total. The molecule has 0 unspecified atom stereocenters. The van der Waals surface area contributed by atoms with Gasteiger partial charge in [-0.05, 0) is 37.1 Å². The molecule has 1 aromatic heterocycles. The van der Waals surface area contributed by atoms with Gasteiger partial charge in [0.15, 0.2) is 0 Å². The molecule has 0 saturated heterocycles. The lowest BCUT2D eigenvalue weighted by Crippen LogP contribution is -2.26. The zero-order valence-corrected chi connectivity index (χ0v) is 12.3. The molecule has 3 rings (SSSR count). The molecular weight excluding hydrogens is 306 g/mol. The van der Waals surface area contributed by atoms with E-state index in [4.69, 9.17) is 0 Å². The number of amides is 1. The van der Waals surface area contributed by atoms with Crippen molar-refractivity contribution in [3.8, 4) is 5.75 Å². The summed E-state index contributed by atoms with van der Waals surface area (Å²) in [6.07, 6.45) is 4.60. The van der Waals surface area contributed by atoms with Crippen molar-refractivity contribution < 1.29 is 18.3 Å². The van der Waals surface area contributed by atoms with E-state index in [0.29, 0.717) is 24.6 Å². The average molecular weight is 322 g/mol. The predicted molar refractivity (Wildman–Crippen MR) is 77.4 cm³/mol. The number of benzene rings is 1. The van der Waals surface area contributed by atoms with Crippen LogP contribution in [0.25, 0.3) is 0 Å². The maximum Gasteiger partial charge on any atom is 0.387 e. The first-order valence-corrected chi connectivity index (χ1v) is 7.35. The molecule has 1 aliphatic carbocycles. The van der Waals surface area contributed by atoms with Gasteiger partial charge in [-0.25, -0.2) is 0 Å². The number of hydrogen-bond donors (Lipinski definition) is 1. The van der Waals surface area contributed by atoms with Gasteiger partial charge in [-0.15, -0.1) is 10.2 Å². The molecule has 1 aromatic carbocycles. The Morgan fingerprint density at radius 2 is 2.09 bits per heavy atom. The lowest BCUT2D eigenvalue weighted by Gasteiger charge is -2.08. The van der Waals surface area contributed by atoms with Crippen LogP contribution in [0.4, 0.5) is 8.78 Å². The molecule has 1 aliphatic rings. The summed E-state index contributed by atoms with van der Waals surface area (Å²) < 4.78 is 30.4. The fraction of sp³-hybridized carbons (Fsp3) is 0.400. The summed E-state index contributed by atoms with van der Waals surface area (Å²) in [5.74, 6) is 0.605. The number of alkyl halides is 2. The van der Waals surface area contributed by atoms with E-state index in [0.717, 1.165) is 18.7 Å². The van der Waals surface area contributed by atoms with Crippen LogP contribution in [0.2, 0.25) is 0 Å². The average Bonchev–Trinajstić information content (AvgIpc) is 3.26. The molecule has 23 heavy (non-hydrogen) atoms. The van der Waals surface area contributed by atoms with Gasteiger partial charge in [0.1, 0.15) is 17.9 Å². The minimum atomic E-state index is -2.88. The molecular formula is C15H16F2N4O2. The highest BCUT2D eigenvalue weighted by Gasteiger charge is 2.25. The minimum absolute atomic E-state index is 0.0223. The fourth-order valence-electron chi connectivity index (χ4n) is 2.28. The zero-order valence-electron chi connectivity index (χ0n) is 12.3. The van der Waals surface area contributed by atoms with Crippen molar-refractivity contribution in [1.29, 1.82) is 0 Å². The van der Waals surface area contributed by atoms with Crippen LogP contribution >= 0.6 is 0 Å². The van der Waals surface area contributed by atoms with Crippen LogP contribution in [0.15, 0.2) is 30.6 Å². The third kappa shape index (κ3) is 4.02. The molecule has 0 atom stereocenters. The highest BCUT2D eigenvalue weighted by Crippen LogP contribution is 2.35. The Kier molecular flexibility index (Phi) is 4.50. The van der Waals surface area contributed by atoms with E-state index in [-0.39, 0.29) is 11.7 Å². The summed E-state index contributed by atoms with van der Waals surface area (Å²) in [6.45, 7) is -2.45. The lowest BCUT2D eigenvalue weighted by molar-refractivity contribution is -0.0498. The molecule has 0 aliphatic heterocycles. The Balaban J connectivity index is 1.50. The van der Waals surface area contributed by atoms with Crippen molar-refractivity contribution in [2.75, 3.05) is 6.54 Å². The van der Waals surface area contributed by atoms with Crippen molar-refractivity contribution in [3.63, 3.8) is 0 Å². The molecule has 0 bridgehead atoms. The third-order valence-corrected chi connectivity index (χ3v) is 3.56. The highest BCUT2D eigenvalue weighted by molar-refractivity contribution is 5.94. The van der Waals surface area contributed by atoms with Crippen molar-refractivity contribution in [2.45, 2.75) is 31.9 Å². The van der Waals surface area contributed by atoms with Crippen LogP contribution < -0.4 is 10.1 Å². The highest BCUT2D eigenvalue weighted by atomic mass is 19.3. The topological polar surface area (TPSA) is 69.0 Å². The van der Waals surface area contributed by atoms with Crippen molar-refractivity contribution in [1.82, 2.24) is 20.1 Å². The van der Waals surface area contributed by atoms with Gasteiger partial charge in [0.2, 0.25) is 0 Å². The van der Waals surface area contributed by atoms with Gasteiger partial charge < -0.3 is 14.6 Å². The molecule has 1 saturated carbocycles. The smallest absolute Gasteiger partial charge is 0.387 e. The summed E-state index contributed by atoms with van der Waals surface area (Å²) in [4.78, 5) is 12.0. The van der Waals surface area contributed by atoms with E-state index in [2.05, 4.69) is 20.3 Å². The van der Waals surface area contributed by atoms with E-state index in [1.54, 1.807) is 6.33 Å². The lowest BCUT2D eigenvalue weighted by atomic mass is 10.2. The van der Waals surface area contributed by atoms with E-state index in [1.165, 1.54) is 24.3 Å². The maximum atomic E-state index is 12.1. The first-order valence-electron chi connectivity index (χ1n) is 7.35. The predicted octanol–water partition coefficient (Wildman–Crippen LogP) is 2.19. The summed E-state index contributed by atoms with van der Waals surface area (Å²) in [5.41, 5.74) is 0.385. The van der Waals surface area contributed by atoms with Crippen LogP contribution in [-0.2, 0) is 6.42 Å². The number of carbonyl (C=O) groups excluding carboxylic acids is 1. The second-order valence-corrected chi connectivity index (χ2v) is 5.29. The molecule has 8 heteroatoms. The van der Waals surface area contributed by atoms with Crippen molar-refractivity contribution in [3.05, 3.63) is 42.0 Å². The van der Waals surface area contributed by atoms with Crippen LogP contribution in [0, 0.1) is 0 Å². The SMILES string of the molecule is O=C(NCCc1nncn1C1CC1)c1ccc(OC(F)F)cc1. The van der Waals surface area contributed by atoms with E-state index < -0.39 is 6.61 Å². The number of aromatic nitrogens is 3. The van der Waals surface area contributed by atoms with Crippen LogP contribution in [0.3, 0.4) is 0 Å². The molecule has 122 valence electrons. The molecule has 1 N–H and O–H groups in total. The standard InChI is InChI=1S/C15H16F2N4O2/c16-15(17)23-12-5-1-10(2-6-12)14(22)18-8-7-13-20-19-9-21(13)11-3-4-11/h1-2,5-6,9,11,15H,3-4,7-8H2,(H,18,22). The van der Waals surface area contributed by atoms with Crippen molar-refractivity contribution >= 4 is 5.91 Å². The molecule has 0 spiro atoms. The Labute approximate surface area is 131 Å². The quantitative estimate of drug-likeness (QED) is 0.848. The second kappa shape index (κ2) is 6.72. The molecule has 0 radical (unpaired) electrons.